The highest BCUT2D eigenvalue weighted by molar-refractivity contribution is 6.30. The van der Waals surface area contributed by atoms with E-state index in [0.717, 1.165) is 5.56 Å². The Kier molecular flexibility index (Phi) is 3.12. The van der Waals surface area contributed by atoms with Gasteiger partial charge in [-0.15, -0.1) is 0 Å². The van der Waals surface area contributed by atoms with Gasteiger partial charge >= 0.3 is 0 Å². The molecule has 0 saturated carbocycles. The third-order valence-corrected chi connectivity index (χ3v) is 2.92. The molecule has 0 aliphatic carbocycles. The van der Waals surface area contributed by atoms with Crippen LogP contribution in [-0.4, -0.2) is 14.8 Å². The predicted molar refractivity (Wildman–Crippen MR) is 64.4 cm³/mol. The number of halogens is 1. The fraction of sp³-hybridized carbons (Fsp3) is 0.250. The topological polar surface area (TPSA) is 54.5 Å². The van der Waals surface area contributed by atoms with Crippen molar-refractivity contribution in [2.24, 2.45) is 0 Å². The van der Waals surface area contributed by atoms with Gasteiger partial charge in [0.1, 0.15) is 12.7 Å². The molecular formula is C12H11ClN4. The highest BCUT2D eigenvalue weighted by atomic mass is 35.5. The van der Waals surface area contributed by atoms with Crippen molar-refractivity contribution in [3.05, 3.63) is 47.5 Å². The van der Waals surface area contributed by atoms with Crippen molar-refractivity contribution in [2.45, 2.75) is 18.9 Å². The quantitative estimate of drug-likeness (QED) is 0.836. The number of aromatic nitrogens is 3. The van der Waals surface area contributed by atoms with Crippen LogP contribution >= 0.6 is 11.6 Å². The van der Waals surface area contributed by atoms with E-state index in [1.54, 1.807) is 23.1 Å². The van der Waals surface area contributed by atoms with Crippen LogP contribution in [0.4, 0.5) is 0 Å². The minimum atomic E-state index is -0.641. The lowest BCUT2D eigenvalue weighted by Gasteiger charge is -2.21. The number of nitrogens with zero attached hydrogens (tertiary/aromatic N) is 4. The van der Waals surface area contributed by atoms with Crippen molar-refractivity contribution in [3.8, 4) is 6.07 Å². The molecule has 1 unspecified atom stereocenters. The zero-order valence-electron chi connectivity index (χ0n) is 9.34. The van der Waals surface area contributed by atoms with E-state index in [-0.39, 0.29) is 0 Å². The lowest BCUT2D eigenvalue weighted by atomic mass is 9.84. The van der Waals surface area contributed by atoms with Crippen molar-refractivity contribution < 1.29 is 0 Å². The molecule has 0 amide bonds. The molecule has 0 aliphatic heterocycles. The zero-order valence-corrected chi connectivity index (χ0v) is 10.1. The molecule has 5 heteroatoms. The third kappa shape index (κ3) is 2.45. The fourth-order valence-corrected chi connectivity index (χ4v) is 1.77. The maximum absolute atomic E-state index is 9.36. The van der Waals surface area contributed by atoms with Crippen molar-refractivity contribution in [1.29, 1.82) is 5.26 Å². The molecule has 0 fully saturated rings. The van der Waals surface area contributed by atoms with Gasteiger partial charge in [-0.25, -0.2) is 4.98 Å². The Balaban J connectivity index is 2.31. The molecule has 17 heavy (non-hydrogen) atoms. The van der Waals surface area contributed by atoms with E-state index in [9.17, 15) is 5.26 Å². The zero-order chi connectivity index (χ0) is 12.3. The molecule has 1 heterocycles. The van der Waals surface area contributed by atoms with E-state index < -0.39 is 5.41 Å². The first-order valence-corrected chi connectivity index (χ1v) is 5.51. The average Bonchev–Trinajstić information content (AvgIpc) is 2.82. The van der Waals surface area contributed by atoms with Crippen molar-refractivity contribution in [2.75, 3.05) is 0 Å². The van der Waals surface area contributed by atoms with Crippen LogP contribution in [0.25, 0.3) is 0 Å². The molecule has 1 aromatic carbocycles. The molecule has 2 aromatic rings. The summed E-state index contributed by atoms with van der Waals surface area (Å²) in [5, 5.41) is 14.0. The van der Waals surface area contributed by atoms with Gasteiger partial charge in [-0.1, -0.05) is 23.7 Å². The molecule has 2 rings (SSSR count). The lowest BCUT2D eigenvalue weighted by Crippen LogP contribution is -2.26. The van der Waals surface area contributed by atoms with E-state index in [0.29, 0.717) is 11.6 Å². The number of nitriles is 1. The fourth-order valence-electron chi connectivity index (χ4n) is 1.65. The van der Waals surface area contributed by atoms with Gasteiger partial charge in [-0.3, -0.25) is 4.68 Å². The lowest BCUT2D eigenvalue weighted by molar-refractivity contribution is 0.460. The van der Waals surface area contributed by atoms with E-state index in [4.69, 9.17) is 11.6 Å². The first kappa shape index (κ1) is 11.6. The van der Waals surface area contributed by atoms with E-state index in [1.807, 2.05) is 19.1 Å². The molecule has 0 saturated heterocycles. The molecule has 1 atom stereocenters. The Morgan fingerprint density at radius 1 is 1.41 bits per heavy atom. The van der Waals surface area contributed by atoms with Gasteiger partial charge in [-0.2, -0.15) is 10.4 Å². The predicted octanol–water partition coefficient (Wildman–Crippen LogP) is 2.41. The van der Waals surface area contributed by atoms with E-state index >= 15 is 0 Å². The first-order chi connectivity index (χ1) is 8.14. The Morgan fingerprint density at radius 2 is 2.12 bits per heavy atom. The second kappa shape index (κ2) is 4.56. The van der Waals surface area contributed by atoms with Gasteiger partial charge in [0.15, 0.2) is 0 Å². The van der Waals surface area contributed by atoms with Crippen LogP contribution in [0.1, 0.15) is 12.5 Å². The molecule has 0 radical (unpaired) electrons. The standard InChI is InChI=1S/C12H11ClN4/c1-12(6-14,7-17-9-15-8-16-17)10-2-4-11(13)5-3-10/h2-5,8-9H,7H2,1H3. The SMILES string of the molecule is CC(C#N)(Cn1cncn1)c1ccc(Cl)cc1. The van der Waals surface area contributed by atoms with Crippen LogP contribution in [0.2, 0.25) is 5.02 Å². The molecule has 0 spiro atoms. The summed E-state index contributed by atoms with van der Waals surface area (Å²) in [5.74, 6) is 0. The summed E-state index contributed by atoms with van der Waals surface area (Å²) in [6.45, 7) is 2.34. The summed E-state index contributed by atoms with van der Waals surface area (Å²) in [6.07, 6.45) is 3.06. The molecule has 4 nitrogen and oxygen atoms in total. The maximum Gasteiger partial charge on any atom is 0.137 e. The second-order valence-electron chi connectivity index (χ2n) is 4.04. The number of hydrogen-bond acceptors (Lipinski definition) is 3. The summed E-state index contributed by atoms with van der Waals surface area (Å²) in [5.41, 5.74) is 0.276. The Labute approximate surface area is 104 Å². The highest BCUT2D eigenvalue weighted by Gasteiger charge is 2.27. The molecule has 0 bridgehead atoms. The maximum atomic E-state index is 9.36. The highest BCUT2D eigenvalue weighted by Crippen LogP contribution is 2.26. The largest absolute Gasteiger partial charge is 0.251 e. The molecule has 0 aliphatic rings. The number of hydrogen-bond donors (Lipinski definition) is 0. The van der Waals surface area contributed by atoms with Gasteiger partial charge in [0.25, 0.3) is 0 Å². The summed E-state index contributed by atoms with van der Waals surface area (Å²) < 4.78 is 1.65. The van der Waals surface area contributed by atoms with Crippen LogP contribution in [0, 0.1) is 11.3 Å². The number of rotatable bonds is 3. The van der Waals surface area contributed by atoms with Gasteiger partial charge < -0.3 is 0 Å². The van der Waals surface area contributed by atoms with Gasteiger partial charge in [0, 0.05) is 5.02 Å². The average molecular weight is 247 g/mol. The first-order valence-electron chi connectivity index (χ1n) is 5.14. The van der Waals surface area contributed by atoms with Crippen LogP contribution < -0.4 is 0 Å². The van der Waals surface area contributed by atoms with Crippen molar-refractivity contribution in [1.82, 2.24) is 14.8 Å². The van der Waals surface area contributed by atoms with Crippen LogP contribution in [-0.2, 0) is 12.0 Å². The molecule has 0 N–H and O–H groups in total. The van der Waals surface area contributed by atoms with Crippen LogP contribution in [0.5, 0.6) is 0 Å². The summed E-state index contributed by atoms with van der Waals surface area (Å²) in [7, 11) is 0. The summed E-state index contributed by atoms with van der Waals surface area (Å²) in [4.78, 5) is 3.87. The Bertz CT molecular complexity index is 527. The summed E-state index contributed by atoms with van der Waals surface area (Å²) in [6, 6.07) is 9.62. The van der Waals surface area contributed by atoms with Gasteiger partial charge in [0.2, 0.25) is 0 Å². The van der Waals surface area contributed by atoms with Crippen LogP contribution in [0.3, 0.4) is 0 Å². The Hall–Kier alpha value is -1.86. The smallest absolute Gasteiger partial charge is 0.137 e. The molecular weight excluding hydrogens is 236 g/mol. The second-order valence-corrected chi connectivity index (χ2v) is 4.48. The van der Waals surface area contributed by atoms with Crippen LogP contribution in [0.15, 0.2) is 36.9 Å². The minimum absolute atomic E-state index is 0.463. The van der Waals surface area contributed by atoms with Gasteiger partial charge in [-0.05, 0) is 24.6 Å². The molecule has 86 valence electrons. The Morgan fingerprint density at radius 3 is 2.65 bits per heavy atom. The van der Waals surface area contributed by atoms with Gasteiger partial charge in [0.05, 0.1) is 18.0 Å². The molecule has 1 aromatic heterocycles. The monoisotopic (exact) mass is 246 g/mol. The third-order valence-electron chi connectivity index (χ3n) is 2.67. The number of benzene rings is 1. The van der Waals surface area contributed by atoms with E-state index in [2.05, 4.69) is 16.2 Å². The minimum Gasteiger partial charge on any atom is -0.251 e. The van der Waals surface area contributed by atoms with Crippen molar-refractivity contribution in [3.63, 3.8) is 0 Å². The normalized spacial score (nSPS) is 13.9. The summed E-state index contributed by atoms with van der Waals surface area (Å²) >= 11 is 5.84. The van der Waals surface area contributed by atoms with Crippen molar-refractivity contribution >= 4 is 11.6 Å². The van der Waals surface area contributed by atoms with E-state index in [1.165, 1.54) is 6.33 Å².